The summed E-state index contributed by atoms with van der Waals surface area (Å²) in [5.41, 5.74) is 0. The van der Waals surface area contributed by atoms with Crippen LogP contribution < -0.4 is 31.7 Å². The average Bonchev–Trinajstić information content (AvgIpc) is 2.64. The van der Waals surface area contributed by atoms with E-state index in [1.807, 2.05) is 0 Å². The summed E-state index contributed by atoms with van der Waals surface area (Å²) < 4.78 is 0. The molecule has 6 atom stereocenters. The number of hydrogen-bond acceptors (Lipinski definition) is 18. The minimum Gasteiger partial charge on any atom is -0.547 e. The van der Waals surface area contributed by atoms with Crippen LogP contribution in [0, 0.1) is 0 Å². The summed E-state index contributed by atoms with van der Waals surface area (Å²) in [6.45, 7) is 0. The summed E-state index contributed by atoms with van der Waals surface area (Å²) in [7, 11) is 0. The zero-order valence-corrected chi connectivity index (χ0v) is 19.6. The normalized spacial score (nSPS) is 14.4. The van der Waals surface area contributed by atoms with Crippen LogP contribution in [0.5, 0.6) is 0 Å². The Kier molecular flexibility index (Phi) is 29.7. The molecule has 0 fully saturated rings. The third kappa shape index (κ3) is 20.4. The van der Waals surface area contributed by atoms with Crippen molar-refractivity contribution in [3.63, 3.8) is 0 Å². The molecule has 0 saturated heterocycles. The molecule has 6 unspecified atom stereocenters. The SMILES string of the molecule is N.O=C([O-])C(O)C(O)C(=O)O.O=C([O-])C(O)C(O)C(=O)[O-].O=C([O-])C(O)C(O)C(=O)[O-].[B+3].[Sr+2]. The zero-order chi connectivity index (χ0) is 24.9. The van der Waals surface area contributed by atoms with Gasteiger partial charge in [0.2, 0.25) is 0 Å². The van der Waals surface area contributed by atoms with Crippen LogP contribution in [-0.4, -0.2) is 162 Å². The molecule has 0 radical (unpaired) electrons. The van der Waals surface area contributed by atoms with Crippen LogP contribution in [0.15, 0.2) is 0 Å². The number of carboxylic acid groups (broad SMARTS) is 6. The summed E-state index contributed by atoms with van der Waals surface area (Å²) in [5, 5.41) is 106. The number of carbonyl (C=O) groups excluding carboxylic acids is 5. The zero-order valence-electron chi connectivity index (χ0n) is 16.1. The first kappa shape index (κ1) is 44.7. The molecule has 0 heterocycles. The van der Waals surface area contributed by atoms with Crippen LogP contribution in [0.25, 0.3) is 0 Å². The van der Waals surface area contributed by atoms with E-state index < -0.39 is 72.4 Å². The quantitative estimate of drug-likeness (QED) is 0.121. The van der Waals surface area contributed by atoms with E-state index in [0.717, 1.165) is 0 Å². The van der Waals surface area contributed by atoms with Gasteiger partial charge in [0.15, 0.2) is 6.10 Å². The molecule has 182 valence electrons. The summed E-state index contributed by atoms with van der Waals surface area (Å²) in [6, 6.07) is 0. The Bertz CT molecular complexity index is 506. The maximum atomic E-state index is 9.74. The van der Waals surface area contributed by atoms with E-state index >= 15 is 0 Å². The van der Waals surface area contributed by atoms with E-state index in [1.54, 1.807) is 0 Å². The van der Waals surface area contributed by atoms with Gasteiger partial charge in [0.05, 0.1) is 29.8 Å². The maximum Gasteiger partial charge on any atom is 3.00 e. The fourth-order valence-electron chi connectivity index (χ4n) is 0.780. The monoisotopic (exact) mass is 561 g/mol. The third-order valence-electron chi connectivity index (χ3n) is 2.36. The molecule has 33 heavy (non-hydrogen) atoms. The first-order valence-electron chi connectivity index (χ1n) is 6.75. The molecule has 0 aromatic rings. The van der Waals surface area contributed by atoms with Gasteiger partial charge >= 0.3 is 59.9 Å². The molecule has 0 aromatic carbocycles. The standard InChI is InChI=1S/3C4H6O6.B.H3N.Sr/c3*5-1(3(7)8)2(6)4(9)10;;;/h3*1-2,5-6H,(H,7,8)(H,9,10);;1H3;/q;;;+3;;+2/p-5. The first-order valence-corrected chi connectivity index (χ1v) is 6.75. The minimum absolute atomic E-state index is 0. The topological polar surface area (TPSA) is 394 Å². The Morgan fingerprint density at radius 2 is 0.576 bits per heavy atom. The molecule has 19 nitrogen and oxygen atoms in total. The Balaban J connectivity index is -0.0000000792. The molecule has 0 bridgehead atoms. The van der Waals surface area contributed by atoms with Crippen LogP contribution in [0.4, 0.5) is 0 Å². The van der Waals surface area contributed by atoms with Crippen LogP contribution >= 0.6 is 0 Å². The van der Waals surface area contributed by atoms with Crippen molar-refractivity contribution in [1.29, 1.82) is 0 Å². The number of aliphatic hydroxyl groups is 6. The molecule has 0 aromatic heterocycles. The number of aliphatic carboxylic acids is 6. The van der Waals surface area contributed by atoms with Gasteiger partial charge in [0, 0.05) is 0 Å². The largest absolute Gasteiger partial charge is 3.00 e. The van der Waals surface area contributed by atoms with Crippen molar-refractivity contribution in [1.82, 2.24) is 6.15 Å². The number of carboxylic acids is 6. The van der Waals surface area contributed by atoms with Crippen molar-refractivity contribution >= 4 is 89.7 Å². The Labute approximate surface area is 221 Å². The predicted octanol–water partition coefficient (Wildman–Crippen LogP) is -13.6. The van der Waals surface area contributed by atoms with E-state index in [2.05, 4.69) is 0 Å². The average molecular weight is 561 g/mol. The first-order chi connectivity index (χ1) is 13.4. The van der Waals surface area contributed by atoms with Gasteiger partial charge in [-0.15, -0.1) is 0 Å². The van der Waals surface area contributed by atoms with E-state index in [9.17, 15) is 54.3 Å². The van der Waals surface area contributed by atoms with Crippen molar-refractivity contribution in [2.45, 2.75) is 36.6 Å². The maximum absolute atomic E-state index is 9.74. The number of aliphatic hydroxyl groups excluding tert-OH is 6. The molecule has 0 aliphatic carbocycles. The number of carbonyl (C=O) groups is 6. The summed E-state index contributed by atoms with van der Waals surface area (Å²) >= 11 is 0. The Hall–Kier alpha value is -1.91. The predicted molar refractivity (Wildman–Crippen MR) is 85.2 cm³/mol. The molecular formula is C12H16BNO18Sr. The molecule has 0 aliphatic rings. The molecule has 0 saturated carbocycles. The van der Waals surface area contributed by atoms with Crippen molar-refractivity contribution in [2.24, 2.45) is 0 Å². The van der Waals surface area contributed by atoms with Crippen molar-refractivity contribution in [3.05, 3.63) is 0 Å². The third-order valence-corrected chi connectivity index (χ3v) is 2.36. The van der Waals surface area contributed by atoms with Gasteiger partial charge in [0.1, 0.15) is 30.5 Å². The molecule has 0 spiro atoms. The van der Waals surface area contributed by atoms with E-state index in [-0.39, 0.29) is 60.0 Å². The van der Waals surface area contributed by atoms with E-state index in [0.29, 0.717) is 0 Å². The van der Waals surface area contributed by atoms with Gasteiger partial charge in [-0.25, -0.2) is 4.79 Å². The second kappa shape index (κ2) is 21.9. The fourth-order valence-corrected chi connectivity index (χ4v) is 0.780. The molecular weight excluding hydrogens is 545 g/mol. The van der Waals surface area contributed by atoms with Gasteiger partial charge in [0.25, 0.3) is 0 Å². The number of rotatable bonds is 9. The molecule has 10 N–H and O–H groups in total. The Morgan fingerprint density at radius 3 is 0.636 bits per heavy atom. The smallest absolute Gasteiger partial charge is 0.547 e. The summed E-state index contributed by atoms with van der Waals surface area (Å²) in [4.78, 5) is 57.9. The van der Waals surface area contributed by atoms with Crippen molar-refractivity contribution in [3.8, 4) is 0 Å². The van der Waals surface area contributed by atoms with Gasteiger partial charge in [-0.05, 0) is 0 Å². The molecule has 21 heteroatoms. The Morgan fingerprint density at radius 1 is 0.455 bits per heavy atom. The summed E-state index contributed by atoms with van der Waals surface area (Å²) in [5.74, 6) is -12.1. The minimum atomic E-state index is -2.44. The van der Waals surface area contributed by atoms with Crippen molar-refractivity contribution in [2.75, 3.05) is 0 Å². The van der Waals surface area contributed by atoms with Crippen LogP contribution in [-0.2, 0) is 28.8 Å². The van der Waals surface area contributed by atoms with E-state index in [4.69, 9.17) is 35.7 Å². The number of hydrogen-bond donors (Lipinski definition) is 8. The van der Waals surface area contributed by atoms with Gasteiger partial charge in [-0.2, -0.15) is 0 Å². The molecule has 0 amide bonds. The second-order valence-electron chi connectivity index (χ2n) is 4.60. The van der Waals surface area contributed by atoms with Crippen molar-refractivity contribution < 1.29 is 90.0 Å². The molecule has 0 aliphatic heterocycles. The second-order valence-corrected chi connectivity index (χ2v) is 4.60. The van der Waals surface area contributed by atoms with Gasteiger partial charge < -0.3 is 91.4 Å². The van der Waals surface area contributed by atoms with Gasteiger partial charge in [-0.1, -0.05) is 0 Å². The fraction of sp³-hybridized carbons (Fsp3) is 0.500. The summed E-state index contributed by atoms with van der Waals surface area (Å²) in [6.07, 6.45) is -14.5. The van der Waals surface area contributed by atoms with E-state index in [1.165, 1.54) is 0 Å². The van der Waals surface area contributed by atoms with Crippen LogP contribution in [0.2, 0.25) is 0 Å². The van der Waals surface area contributed by atoms with Crippen LogP contribution in [0.3, 0.4) is 0 Å². The molecule has 0 rings (SSSR count). The van der Waals surface area contributed by atoms with Crippen LogP contribution in [0.1, 0.15) is 0 Å². The van der Waals surface area contributed by atoms with Gasteiger partial charge in [-0.3, -0.25) is 0 Å².